The van der Waals surface area contributed by atoms with Crippen LogP contribution < -0.4 is 10.1 Å². The molecule has 2 aliphatic heterocycles. The van der Waals surface area contributed by atoms with Crippen molar-refractivity contribution in [2.45, 2.75) is 37.5 Å². The van der Waals surface area contributed by atoms with Gasteiger partial charge in [0.25, 0.3) is 0 Å². The number of hydrogen-bond acceptors (Lipinski definition) is 4. The molecular formula is C25H31FN2O3. The molecule has 0 radical (unpaired) electrons. The highest BCUT2D eigenvalue weighted by molar-refractivity contribution is 5.99. The van der Waals surface area contributed by atoms with Gasteiger partial charge in [-0.1, -0.05) is 12.1 Å². The molecular weight excluding hydrogens is 395 g/mol. The van der Waals surface area contributed by atoms with Crippen molar-refractivity contribution in [1.82, 2.24) is 4.90 Å². The van der Waals surface area contributed by atoms with Gasteiger partial charge in [-0.3, -0.25) is 4.79 Å². The molecule has 2 aliphatic rings. The number of likely N-dealkylation sites (tertiary alicyclic amines) is 1. The Bertz CT molecular complexity index is 842. The molecule has 0 aromatic heterocycles. The maximum absolute atomic E-state index is 13.4. The van der Waals surface area contributed by atoms with Gasteiger partial charge in [-0.15, -0.1) is 0 Å². The van der Waals surface area contributed by atoms with Gasteiger partial charge in [-0.2, -0.15) is 0 Å². The molecule has 2 heterocycles. The maximum Gasteiger partial charge on any atom is 0.235 e. The predicted octanol–water partition coefficient (Wildman–Crippen LogP) is 4.38. The molecule has 2 aromatic carbocycles. The Morgan fingerprint density at radius 2 is 1.71 bits per heavy atom. The molecule has 0 spiro atoms. The second kappa shape index (κ2) is 10.2. The van der Waals surface area contributed by atoms with Crippen LogP contribution in [-0.4, -0.2) is 50.3 Å². The van der Waals surface area contributed by atoms with Gasteiger partial charge in [0.05, 0.1) is 12.0 Å². The van der Waals surface area contributed by atoms with Crippen molar-refractivity contribution >= 4 is 11.6 Å². The van der Waals surface area contributed by atoms with Crippen LogP contribution in [-0.2, 0) is 14.9 Å². The van der Waals surface area contributed by atoms with Gasteiger partial charge < -0.3 is 19.7 Å². The van der Waals surface area contributed by atoms with E-state index < -0.39 is 5.41 Å². The zero-order valence-corrected chi connectivity index (χ0v) is 17.9. The highest BCUT2D eigenvalue weighted by Gasteiger charge is 2.41. The van der Waals surface area contributed by atoms with E-state index in [0.717, 1.165) is 30.0 Å². The lowest BCUT2D eigenvalue weighted by molar-refractivity contribution is -0.125. The molecule has 6 heteroatoms. The lowest BCUT2D eigenvalue weighted by atomic mass is 9.73. The maximum atomic E-state index is 13.4. The fourth-order valence-corrected chi connectivity index (χ4v) is 4.51. The van der Waals surface area contributed by atoms with Crippen LogP contribution in [0.25, 0.3) is 0 Å². The lowest BCUT2D eigenvalue weighted by Gasteiger charge is -2.36. The summed E-state index contributed by atoms with van der Waals surface area (Å²) >= 11 is 0. The fraction of sp³-hybridized carbons (Fsp3) is 0.480. The number of halogens is 1. The van der Waals surface area contributed by atoms with Crippen LogP contribution in [0.3, 0.4) is 0 Å². The minimum Gasteiger partial charge on any atom is -0.494 e. The molecule has 166 valence electrons. The lowest BCUT2D eigenvalue weighted by Crippen LogP contribution is -2.44. The molecule has 31 heavy (non-hydrogen) atoms. The summed E-state index contributed by atoms with van der Waals surface area (Å²) in [6, 6.07) is 13.8. The first-order valence-electron chi connectivity index (χ1n) is 11.3. The molecule has 0 aliphatic carbocycles. The molecule has 5 nitrogen and oxygen atoms in total. The average Bonchev–Trinajstić information content (AvgIpc) is 3.32. The number of amides is 1. The van der Waals surface area contributed by atoms with E-state index in [4.69, 9.17) is 9.47 Å². The summed E-state index contributed by atoms with van der Waals surface area (Å²) < 4.78 is 24.8. The monoisotopic (exact) mass is 426 g/mol. The second-order valence-electron chi connectivity index (χ2n) is 8.43. The summed E-state index contributed by atoms with van der Waals surface area (Å²) in [7, 11) is 0. The predicted molar refractivity (Wildman–Crippen MR) is 119 cm³/mol. The smallest absolute Gasteiger partial charge is 0.235 e. The minimum absolute atomic E-state index is 0.0818. The molecule has 2 saturated heterocycles. The normalized spacial score (nSPS) is 18.6. The van der Waals surface area contributed by atoms with Crippen molar-refractivity contribution in [1.29, 1.82) is 0 Å². The highest BCUT2D eigenvalue weighted by atomic mass is 19.1. The molecule has 0 saturated carbocycles. The summed E-state index contributed by atoms with van der Waals surface area (Å²) in [5, 5.41) is 3.05. The summed E-state index contributed by atoms with van der Waals surface area (Å²) in [6.45, 7) is 5.21. The molecule has 0 bridgehead atoms. The zero-order chi connectivity index (χ0) is 21.5. The van der Waals surface area contributed by atoms with E-state index in [2.05, 4.69) is 10.2 Å². The van der Waals surface area contributed by atoms with E-state index in [1.54, 1.807) is 12.1 Å². The van der Waals surface area contributed by atoms with E-state index in [-0.39, 0.29) is 11.7 Å². The molecule has 0 atom stereocenters. The third kappa shape index (κ3) is 5.43. The van der Waals surface area contributed by atoms with Crippen molar-refractivity contribution in [3.8, 4) is 5.75 Å². The third-order valence-electron chi connectivity index (χ3n) is 6.38. The van der Waals surface area contributed by atoms with Crippen LogP contribution in [0.2, 0.25) is 0 Å². The Morgan fingerprint density at radius 3 is 2.39 bits per heavy atom. The highest BCUT2D eigenvalue weighted by Crippen LogP contribution is 2.36. The quantitative estimate of drug-likeness (QED) is 0.637. The Balaban J connectivity index is 1.34. The number of carbonyl (C=O) groups is 1. The number of benzene rings is 2. The van der Waals surface area contributed by atoms with Gasteiger partial charge in [-0.25, -0.2) is 4.39 Å². The molecule has 1 N–H and O–H groups in total. The van der Waals surface area contributed by atoms with Gasteiger partial charge in [0.15, 0.2) is 0 Å². The van der Waals surface area contributed by atoms with Crippen molar-refractivity contribution in [2.75, 3.05) is 44.8 Å². The number of anilines is 1. The summed E-state index contributed by atoms with van der Waals surface area (Å²) in [4.78, 5) is 15.8. The van der Waals surface area contributed by atoms with E-state index >= 15 is 0 Å². The first-order valence-corrected chi connectivity index (χ1v) is 11.3. The molecule has 2 aromatic rings. The van der Waals surface area contributed by atoms with Crippen LogP contribution in [0.15, 0.2) is 48.5 Å². The van der Waals surface area contributed by atoms with Gasteiger partial charge in [0, 0.05) is 25.4 Å². The number of rotatable bonds is 8. The SMILES string of the molecule is O=C(Nc1ccc(OCCCN2CCCC2)cc1)C1(c2ccc(F)cc2)CCOCC1. The molecule has 1 amide bonds. The van der Waals surface area contributed by atoms with Crippen LogP contribution in [0.4, 0.5) is 10.1 Å². The molecule has 0 unspecified atom stereocenters. The summed E-state index contributed by atoms with van der Waals surface area (Å²) in [5.74, 6) is 0.419. The molecule has 2 fully saturated rings. The Labute approximate surface area is 183 Å². The number of nitrogens with zero attached hydrogens (tertiary/aromatic N) is 1. The first kappa shape index (κ1) is 21.8. The van der Waals surface area contributed by atoms with Crippen molar-refractivity contribution < 1.29 is 18.7 Å². The number of ether oxygens (including phenoxy) is 2. The van der Waals surface area contributed by atoms with Crippen LogP contribution >= 0.6 is 0 Å². The number of carbonyl (C=O) groups excluding carboxylic acids is 1. The topological polar surface area (TPSA) is 50.8 Å². The Morgan fingerprint density at radius 1 is 1.03 bits per heavy atom. The van der Waals surface area contributed by atoms with Gasteiger partial charge in [0.1, 0.15) is 11.6 Å². The van der Waals surface area contributed by atoms with E-state index in [9.17, 15) is 9.18 Å². The minimum atomic E-state index is -0.712. The third-order valence-corrected chi connectivity index (χ3v) is 6.38. The summed E-state index contributed by atoms with van der Waals surface area (Å²) in [5.41, 5.74) is 0.839. The van der Waals surface area contributed by atoms with Gasteiger partial charge in [0.2, 0.25) is 5.91 Å². The summed E-state index contributed by atoms with van der Waals surface area (Å²) in [6.07, 6.45) is 4.78. The Kier molecular flexibility index (Phi) is 7.20. The van der Waals surface area contributed by atoms with Gasteiger partial charge >= 0.3 is 0 Å². The largest absolute Gasteiger partial charge is 0.494 e. The first-order chi connectivity index (χ1) is 15.2. The van der Waals surface area contributed by atoms with E-state index in [0.29, 0.717) is 32.7 Å². The molecule has 4 rings (SSSR count). The van der Waals surface area contributed by atoms with Crippen LogP contribution in [0.5, 0.6) is 5.75 Å². The second-order valence-corrected chi connectivity index (χ2v) is 8.43. The standard InChI is InChI=1S/C25H31FN2O3/c26-21-6-4-20(5-7-21)25(12-18-30-19-13-25)24(29)27-22-8-10-23(11-9-22)31-17-3-16-28-14-1-2-15-28/h4-11H,1-3,12-19H2,(H,27,29). The number of nitrogens with one attached hydrogen (secondary N) is 1. The van der Waals surface area contributed by atoms with Crippen molar-refractivity contribution in [3.63, 3.8) is 0 Å². The fourth-order valence-electron chi connectivity index (χ4n) is 4.51. The Hall–Kier alpha value is -2.44. The van der Waals surface area contributed by atoms with Crippen LogP contribution in [0.1, 0.15) is 37.7 Å². The van der Waals surface area contributed by atoms with Gasteiger partial charge in [-0.05, 0) is 87.2 Å². The number of hydrogen-bond donors (Lipinski definition) is 1. The zero-order valence-electron chi connectivity index (χ0n) is 17.9. The van der Waals surface area contributed by atoms with Crippen LogP contribution in [0, 0.1) is 5.82 Å². The van der Waals surface area contributed by atoms with Crippen molar-refractivity contribution in [3.05, 3.63) is 59.9 Å². The average molecular weight is 427 g/mol. The van der Waals surface area contributed by atoms with Crippen molar-refractivity contribution in [2.24, 2.45) is 0 Å². The van der Waals surface area contributed by atoms with E-state index in [1.165, 1.54) is 38.1 Å². The van der Waals surface area contributed by atoms with E-state index in [1.807, 2.05) is 24.3 Å².